The number of morpholine rings is 1. The van der Waals surface area contributed by atoms with Crippen molar-refractivity contribution in [2.75, 3.05) is 32.9 Å². The molecule has 0 radical (unpaired) electrons. The van der Waals surface area contributed by atoms with Crippen LogP contribution in [0.3, 0.4) is 0 Å². The SMILES string of the molecule is OCc1cc2c(cc1-c1ccc(C3CNCCO3)cc1)OCCO2. The van der Waals surface area contributed by atoms with E-state index in [1.807, 2.05) is 12.1 Å². The Labute approximate surface area is 141 Å². The Morgan fingerprint density at radius 1 is 1.00 bits per heavy atom. The van der Waals surface area contributed by atoms with Gasteiger partial charge in [0.25, 0.3) is 0 Å². The van der Waals surface area contributed by atoms with Crippen LogP contribution in [0.2, 0.25) is 0 Å². The van der Waals surface area contributed by atoms with Crippen LogP contribution in [-0.4, -0.2) is 38.0 Å². The Morgan fingerprint density at radius 3 is 2.42 bits per heavy atom. The molecule has 1 unspecified atom stereocenters. The highest BCUT2D eigenvalue weighted by molar-refractivity contribution is 5.71. The Kier molecular flexibility index (Phi) is 4.38. The predicted octanol–water partition coefficient (Wildman–Crippen LogP) is 2.28. The summed E-state index contributed by atoms with van der Waals surface area (Å²) in [4.78, 5) is 0. The lowest BCUT2D eigenvalue weighted by Crippen LogP contribution is -2.33. The monoisotopic (exact) mass is 327 g/mol. The van der Waals surface area contributed by atoms with Crippen LogP contribution in [0.25, 0.3) is 11.1 Å². The van der Waals surface area contributed by atoms with E-state index in [0.717, 1.165) is 47.7 Å². The molecule has 2 aliphatic rings. The molecule has 1 fully saturated rings. The van der Waals surface area contributed by atoms with Gasteiger partial charge in [-0.1, -0.05) is 24.3 Å². The molecule has 0 saturated carbocycles. The number of nitrogens with one attached hydrogen (secondary N) is 1. The third-order valence-corrected chi connectivity index (χ3v) is 4.46. The highest BCUT2D eigenvalue weighted by atomic mass is 16.6. The summed E-state index contributed by atoms with van der Waals surface area (Å²) in [6.45, 7) is 3.54. The standard InChI is InChI=1S/C19H21NO4/c21-12-15-9-17-18(24-8-7-23-17)10-16(15)13-1-3-14(4-2-13)19-11-20-5-6-22-19/h1-4,9-10,19-21H,5-8,11-12H2. The molecule has 2 aliphatic heterocycles. The van der Waals surface area contributed by atoms with Gasteiger partial charge in [-0.05, 0) is 34.4 Å². The van der Waals surface area contributed by atoms with Crippen molar-refractivity contribution in [1.29, 1.82) is 0 Å². The Bertz CT molecular complexity index is 708. The number of ether oxygens (including phenoxy) is 3. The number of rotatable bonds is 3. The molecule has 0 aliphatic carbocycles. The van der Waals surface area contributed by atoms with Crippen molar-refractivity contribution in [2.45, 2.75) is 12.7 Å². The fourth-order valence-electron chi connectivity index (χ4n) is 3.19. The van der Waals surface area contributed by atoms with E-state index in [0.29, 0.717) is 19.0 Å². The number of hydrogen-bond donors (Lipinski definition) is 2. The van der Waals surface area contributed by atoms with Crippen LogP contribution in [0.4, 0.5) is 0 Å². The van der Waals surface area contributed by atoms with Crippen LogP contribution in [0.1, 0.15) is 17.2 Å². The molecule has 2 N–H and O–H groups in total. The first-order valence-corrected chi connectivity index (χ1v) is 8.31. The molecule has 4 rings (SSSR count). The van der Waals surface area contributed by atoms with E-state index in [1.54, 1.807) is 0 Å². The van der Waals surface area contributed by atoms with Crippen LogP contribution in [0, 0.1) is 0 Å². The molecule has 2 aromatic carbocycles. The van der Waals surface area contributed by atoms with Gasteiger partial charge in [-0.25, -0.2) is 0 Å². The second kappa shape index (κ2) is 6.81. The Hall–Kier alpha value is -2.08. The number of fused-ring (bicyclic) bond motifs is 1. The third-order valence-electron chi connectivity index (χ3n) is 4.46. The molecule has 2 heterocycles. The summed E-state index contributed by atoms with van der Waals surface area (Å²) < 4.78 is 17.1. The molecule has 0 bridgehead atoms. The van der Waals surface area contributed by atoms with E-state index >= 15 is 0 Å². The van der Waals surface area contributed by atoms with E-state index in [1.165, 1.54) is 0 Å². The summed E-state index contributed by atoms with van der Waals surface area (Å²) >= 11 is 0. The first-order chi connectivity index (χ1) is 11.8. The van der Waals surface area contributed by atoms with Crippen LogP contribution in [-0.2, 0) is 11.3 Å². The van der Waals surface area contributed by atoms with Crippen molar-refractivity contribution in [3.05, 3.63) is 47.5 Å². The highest BCUT2D eigenvalue weighted by Gasteiger charge is 2.18. The van der Waals surface area contributed by atoms with Crippen LogP contribution in [0.5, 0.6) is 11.5 Å². The summed E-state index contributed by atoms with van der Waals surface area (Å²) in [5, 5.41) is 13.1. The van der Waals surface area contributed by atoms with E-state index in [9.17, 15) is 5.11 Å². The summed E-state index contributed by atoms with van der Waals surface area (Å²) in [5.41, 5.74) is 4.01. The van der Waals surface area contributed by atoms with E-state index in [-0.39, 0.29) is 12.7 Å². The van der Waals surface area contributed by atoms with E-state index < -0.39 is 0 Å². The van der Waals surface area contributed by atoms with Crippen LogP contribution < -0.4 is 14.8 Å². The van der Waals surface area contributed by atoms with Gasteiger partial charge in [-0.3, -0.25) is 0 Å². The molecule has 0 amide bonds. The zero-order valence-electron chi connectivity index (χ0n) is 13.5. The third kappa shape index (κ3) is 2.98. The molecule has 2 aromatic rings. The lowest BCUT2D eigenvalue weighted by atomic mass is 9.97. The van der Waals surface area contributed by atoms with Crippen molar-refractivity contribution in [3.8, 4) is 22.6 Å². The van der Waals surface area contributed by atoms with Crippen LogP contribution >= 0.6 is 0 Å². The topological polar surface area (TPSA) is 60.0 Å². The quantitative estimate of drug-likeness (QED) is 0.906. The first kappa shape index (κ1) is 15.4. The molecular formula is C19H21NO4. The summed E-state index contributed by atoms with van der Waals surface area (Å²) in [6.07, 6.45) is 0.102. The average molecular weight is 327 g/mol. The molecule has 1 saturated heterocycles. The maximum Gasteiger partial charge on any atom is 0.162 e. The van der Waals surface area contributed by atoms with Crippen molar-refractivity contribution in [3.63, 3.8) is 0 Å². The molecule has 24 heavy (non-hydrogen) atoms. The number of aliphatic hydroxyl groups excluding tert-OH is 1. The average Bonchev–Trinajstić information content (AvgIpc) is 2.68. The van der Waals surface area contributed by atoms with Gasteiger partial charge in [0.05, 0.1) is 19.3 Å². The van der Waals surface area contributed by atoms with Gasteiger partial charge >= 0.3 is 0 Å². The number of benzene rings is 2. The van der Waals surface area contributed by atoms with Gasteiger partial charge in [0.1, 0.15) is 13.2 Å². The predicted molar refractivity (Wildman–Crippen MR) is 90.4 cm³/mol. The zero-order chi connectivity index (χ0) is 16.4. The summed E-state index contributed by atoms with van der Waals surface area (Å²) in [5.74, 6) is 1.43. The minimum atomic E-state index is -0.0383. The maximum absolute atomic E-state index is 9.72. The Balaban J connectivity index is 1.65. The normalized spacial score (nSPS) is 20.0. The summed E-state index contributed by atoms with van der Waals surface area (Å²) in [6, 6.07) is 12.1. The van der Waals surface area contributed by atoms with Gasteiger partial charge in [0, 0.05) is 13.1 Å². The van der Waals surface area contributed by atoms with Gasteiger partial charge in [-0.2, -0.15) is 0 Å². The van der Waals surface area contributed by atoms with Gasteiger partial charge in [-0.15, -0.1) is 0 Å². The number of aliphatic hydroxyl groups is 1. The summed E-state index contributed by atoms with van der Waals surface area (Å²) in [7, 11) is 0. The molecule has 5 nitrogen and oxygen atoms in total. The van der Waals surface area contributed by atoms with Crippen LogP contribution in [0.15, 0.2) is 36.4 Å². The lowest BCUT2D eigenvalue weighted by molar-refractivity contribution is 0.0277. The molecule has 0 aromatic heterocycles. The molecule has 5 heteroatoms. The minimum absolute atomic E-state index is 0.0383. The van der Waals surface area contributed by atoms with Crippen molar-refractivity contribution < 1.29 is 19.3 Å². The molecular weight excluding hydrogens is 306 g/mol. The fraction of sp³-hybridized carbons (Fsp3) is 0.368. The van der Waals surface area contributed by atoms with Crippen molar-refractivity contribution in [1.82, 2.24) is 5.32 Å². The lowest BCUT2D eigenvalue weighted by Gasteiger charge is -2.24. The van der Waals surface area contributed by atoms with Gasteiger partial charge < -0.3 is 24.6 Å². The second-order valence-electron chi connectivity index (χ2n) is 6.00. The molecule has 126 valence electrons. The smallest absolute Gasteiger partial charge is 0.162 e. The zero-order valence-corrected chi connectivity index (χ0v) is 13.5. The highest BCUT2D eigenvalue weighted by Crippen LogP contribution is 2.38. The van der Waals surface area contributed by atoms with E-state index in [2.05, 4.69) is 29.6 Å². The van der Waals surface area contributed by atoms with E-state index in [4.69, 9.17) is 14.2 Å². The minimum Gasteiger partial charge on any atom is -0.486 e. The largest absolute Gasteiger partial charge is 0.486 e. The second-order valence-corrected chi connectivity index (χ2v) is 6.00. The molecule has 1 atom stereocenters. The van der Waals surface area contributed by atoms with Gasteiger partial charge in [0.2, 0.25) is 0 Å². The molecule has 0 spiro atoms. The Morgan fingerprint density at radius 2 is 1.75 bits per heavy atom. The van der Waals surface area contributed by atoms with Crippen molar-refractivity contribution >= 4 is 0 Å². The number of hydrogen-bond acceptors (Lipinski definition) is 5. The first-order valence-electron chi connectivity index (χ1n) is 8.31. The fourth-order valence-corrected chi connectivity index (χ4v) is 3.19. The van der Waals surface area contributed by atoms with Crippen molar-refractivity contribution in [2.24, 2.45) is 0 Å². The van der Waals surface area contributed by atoms with Gasteiger partial charge in [0.15, 0.2) is 11.5 Å². The maximum atomic E-state index is 9.72.